The Hall–Kier alpha value is -1.54. The minimum absolute atomic E-state index is 0.644. The van der Waals surface area contributed by atoms with Gasteiger partial charge in [-0.05, 0) is 36.9 Å². The number of fused-ring (bicyclic) bond motifs is 1. The summed E-state index contributed by atoms with van der Waals surface area (Å²) in [4.78, 5) is 11.2. The van der Waals surface area contributed by atoms with Gasteiger partial charge in [-0.15, -0.1) is 0 Å². The highest BCUT2D eigenvalue weighted by atomic mass is 35.5. The van der Waals surface area contributed by atoms with Gasteiger partial charge in [0, 0.05) is 10.4 Å². The smallest absolute Gasteiger partial charge is 0.313 e. The molecule has 0 saturated heterocycles. The first-order chi connectivity index (χ1) is 7.93. The van der Waals surface area contributed by atoms with E-state index in [1.54, 1.807) is 19.9 Å². The van der Waals surface area contributed by atoms with Crippen molar-refractivity contribution >= 4 is 28.3 Å². The van der Waals surface area contributed by atoms with Crippen molar-refractivity contribution in [2.45, 2.75) is 19.3 Å². The van der Waals surface area contributed by atoms with Gasteiger partial charge < -0.3 is 5.11 Å². The summed E-state index contributed by atoms with van der Waals surface area (Å²) in [5.41, 5.74) is -0.154. The highest BCUT2D eigenvalue weighted by Crippen LogP contribution is 2.30. The molecule has 2 aromatic carbocycles. The minimum atomic E-state index is -0.909. The first kappa shape index (κ1) is 11.9. The van der Waals surface area contributed by atoms with Crippen LogP contribution in [0, 0.1) is 0 Å². The van der Waals surface area contributed by atoms with Crippen molar-refractivity contribution in [3.63, 3.8) is 0 Å². The fraction of sp³-hybridized carbons (Fsp3) is 0.214. The molecule has 2 aromatic rings. The minimum Gasteiger partial charge on any atom is -0.481 e. The molecule has 0 aliphatic heterocycles. The average Bonchev–Trinajstić information content (AvgIpc) is 2.29. The number of benzene rings is 2. The van der Waals surface area contributed by atoms with E-state index in [1.807, 2.05) is 30.3 Å². The SMILES string of the molecule is CC(C)(C(=O)O)c1ccc2cccc(Cl)c2c1. The summed E-state index contributed by atoms with van der Waals surface area (Å²) in [6, 6.07) is 11.2. The Bertz CT molecular complexity index is 588. The second-order valence-electron chi connectivity index (χ2n) is 4.61. The lowest BCUT2D eigenvalue weighted by Gasteiger charge is -2.20. The molecule has 2 rings (SSSR count). The highest BCUT2D eigenvalue weighted by Gasteiger charge is 2.29. The molecule has 0 aliphatic rings. The summed E-state index contributed by atoms with van der Waals surface area (Å²) >= 11 is 6.11. The van der Waals surface area contributed by atoms with Gasteiger partial charge in [-0.3, -0.25) is 4.79 Å². The maximum atomic E-state index is 11.2. The van der Waals surface area contributed by atoms with Crippen molar-refractivity contribution in [2.75, 3.05) is 0 Å². The largest absolute Gasteiger partial charge is 0.481 e. The van der Waals surface area contributed by atoms with Gasteiger partial charge in [-0.1, -0.05) is 35.9 Å². The molecule has 0 radical (unpaired) electrons. The van der Waals surface area contributed by atoms with Gasteiger partial charge in [0.15, 0.2) is 0 Å². The van der Waals surface area contributed by atoms with E-state index in [9.17, 15) is 9.90 Å². The monoisotopic (exact) mass is 248 g/mol. The van der Waals surface area contributed by atoms with Gasteiger partial charge in [-0.2, -0.15) is 0 Å². The standard InChI is InChI=1S/C14H13ClO2/c1-14(2,13(16)17)10-7-6-9-4-3-5-12(15)11(9)8-10/h3-8H,1-2H3,(H,16,17). The van der Waals surface area contributed by atoms with Crippen LogP contribution in [0.5, 0.6) is 0 Å². The average molecular weight is 249 g/mol. The van der Waals surface area contributed by atoms with Crippen LogP contribution < -0.4 is 0 Å². The Morgan fingerprint density at radius 1 is 1.24 bits per heavy atom. The Morgan fingerprint density at radius 3 is 2.59 bits per heavy atom. The summed E-state index contributed by atoms with van der Waals surface area (Å²) in [7, 11) is 0. The molecule has 0 saturated carbocycles. The molecule has 0 aliphatic carbocycles. The van der Waals surface area contributed by atoms with Gasteiger partial charge in [0.2, 0.25) is 0 Å². The molecule has 0 spiro atoms. The van der Waals surface area contributed by atoms with Crippen molar-refractivity contribution in [1.29, 1.82) is 0 Å². The fourth-order valence-electron chi connectivity index (χ4n) is 1.75. The van der Waals surface area contributed by atoms with Gasteiger partial charge in [0.05, 0.1) is 5.41 Å². The Morgan fingerprint density at radius 2 is 1.94 bits per heavy atom. The third kappa shape index (κ3) is 2.01. The molecule has 0 aromatic heterocycles. The lowest BCUT2D eigenvalue weighted by molar-refractivity contribution is -0.142. The van der Waals surface area contributed by atoms with E-state index < -0.39 is 11.4 Å². The topological polar surface area (TPSA) is 37.3 Å². The molecule has 0 fully saturated rings. The predicted molar refractivity (Wildman–Crippen MR) is 69.6 cm³/mol. The maximum absolute atomic E-state index is 11.2. The number of carbonyl (C=O) groups is 1. The molecule has 17 heavy (non-hydrogen) atoms. The van der Waals surface area contributed by atoms with E-state index >= 15 is 0 Å². The number of hydrogen-bond acceptors (Lipinski definition) is 1. The first-order valence-corrected chi connectivity index (χ1v) is 5.73. The van der Waals surface area contributed by atoms with Crippen LogP contribution in [0.4, 0.5) is 0 Å². The Labute approximate surface area is 105 Å². The van der Waals surface area contributed by atoms with Crippen molar-refractivity contribution < 1.29 is 9.90 Å². The van der Waals surface area contributed by atoms with Crippen LogP contribution in [-0.4, -0.2) is 11.1 Å². The van der Waals surface area contributed by atoms with E-state index in [4.69, 9.17) is 11.6 Å². The molecule has 0 bridgehead atoms. The lowest BCUT2D eigenvalue weighted by Crippen LogP contribution is -2.28. The van der Waals surface area contributed by atoms with Crippen LogP contribution >= 0.6 is 11.6 Å². The van der Waals surface area contributed by atoms with Crippen molar-refractivity contribution in [2.24, 2.45) is 0 Å². The summed E-state index contributed by atoms with van der Waals surface area (Å²) < 4.78 is 0. The zero-order valence-corrected chi connectivity index (χ0v) is 10.5. The second kappa shape index (κ2) is 4.04. The molecule has 0 atom stereocenters. The van der Waals surface area contributed by atoms with Gasteiger partial charge in [-0.25, -0.2) is 0 Å². The number of halogens is 1. The fourth-order valence-corrected chi connectivity index (χ4v) is 1.98. The van der Waals surface area contributed by atoms with Crippen LogP contribution in [0.2, 0.25) is 5.02 Å². The Kier molecular flexibility index (Phi) is 2.84. The molecular formula is C14H13ClO2. The van der Waals surface area contributed by atoms with Gasteiger partial charge >= 0.3 is 5.97 Å². The summed E-state index contributed by atoms with van der Waals surface area (Å²) in [6.07, 6.45) is 0. The van der Waals surface area contributed by atoms with Crippen molar-refractivity contribution in [3.8, 4) is 0 Å². The molecule has 0 heterocycles. The van der Waals surface area contributed by atoms with Gasteiger partial charge in [0.25, 0.3) is 0 Å². The Balaban J connectivity index is 2.66. The number of carboxylic acid groups (broad SMARTS) is 1. The lowest BCUT2D eigenvalue weighted by atomic mass is 9.84. The maximum Gasteiger partial charge on any atom is 0.313 e. The van der Waals surface area contributed by atoms with Crippen LogP contribution in [0.25, 0.3) is 10.8 Å². The first-order valence-electron chi connectivity index (χ1n) is 5.35. The molecule has 0 amide bonds. The number of aliphatic carboxylic acids is 1. The van der Waals surface area contributed by atoms with E-state index in [0.717, 1.165) is 16.3 Å². The van der Waals surface area contributed by atoms with Gasteiger partial charge in [0.1, 0.15) is 0 Å². The zero-order valence-electron chi connectivity index (χ0n) is 9.70. The quantitative estimate of drug-likeness (QED) is 0.876. The van der Waals surface area contributed by atoms with Crippen LogP contribution in [0.1, 0.15) is 19.4 Å². The molecule has 0 unspecified atom stereocenters. The summed E-state index contributed by atoms with van der Waals surface area (Å²) in [6.45, 7) is 3.38. The molecule has 1 N–H and O–H groups in total. The van der Waals surface area contributed by atoms with E-state index in [0.29, 0.717) is 5.02 Å². The normalized spacial score (nSPS) is 11.7. The summed E-state index contributed by atoms with van der Waals surface area (Å²) in [5, 5.41) is 11.8. The second-order valence-corrected chi connectivity index (χ2v) is 5.01. The van der Waals surface area contributed by atoms with Crippen LogP contribution in [0.3, 0.4) is 0 Å². The molecule has 2 nitrogen and oxygen atoms in total. The zero-order chi connectivity index (χ0) is 12.6. The van der Waals surface area contributed by atoms with E-state index in [1.165, 1.54) is 0 Å². The summed E-state index contributed by atoms with van der Waals surface area (Å²) in [5.74, 6) is -0.844. The molecular weight excluding hydrogens is 236 g/mol. The predicted octanol–water partition coefficient (Wildman–Crippen LogP) is 3.86. The third-order valence-electron chi connectivity index (χ3n) is 3.09. The van der Waals surface area contributed by atoms with Crippen LogP contribution in [0.15, 0.2) is 36.4 Å². The molecule has 88 valence electrons. The van der Waals surface area contributed by atoms with Crippen molar-refractivity contribution in [1.82, 2.24) is 0 Å². The van der Waals surface area contributed by atoms with E-state index in [2.05, 4.69) is 0 Å². The van der Waals surface area contributed by atoms with Crippen molar-refractivity contribution in [3.05, 3.63) is 47.0 Å². The highest BCUT2D eigenvalue weighted by molar-refractivity contribution is 6.35. The number of carboxylic acids is 1. The van der Waals surface area contributed by atoms with Crippen LogP contribution in [-0.2, 0) is 10.2 Å². The number of rotatable bonds is 2. The van der Waals surface area contributed by atoms with E-state index in [-0.39, 0.29) is 0 Å². The molecule has 3 heteroatoms. The number of hydrogen-bond donors (Lipinski definition) is 1. The third-order valence-corrected chi connectivity index (χ3v) is 3.41.